The van der Waals surface area contributed by atoms with Gasteiger partial charge in [-0.15, -0.1) is 0 Å². The molecular formula is C17H25N3O. The summed E-state index contributed by atoms with van der Waals surface area (Å²) in [6.45, 7) is 6.25. The first-order valence-electron chi connectivity index (χ1n) is 8.16. The van der Waals surface area contributed by atoms with Crippen molar-refractivity contribution >= 4 is 5.91 Å². The van der Waals surface area contributed by atoms with Crippen molar-refractivity contribution in [3.05, 3.63) is 34.9 Å². The van der Waals surface area contributed by atoms with Crippen molar-refractivity contribution in [3.8, 4) is 0 Å². The van der Waals surface area contributed by atoms with Gasteiger partial charge in [0.05, 0.1) is 0 Å². The molecule has 0 aromatic heterocycles. The van der Waals surface area contributed by atoms with Gasteiger partial charge in [-0.05, 0) is 75.1 Å². The number of hydrogen-bond acceptors (Lipinski definition) is 3. The van der Waals surface area contributed by atoms with E-state index in [4.69, 9.17) is 0 Å². The van der Waals surface area contributed by atoms with Gasteiger partial charge in [0.15, 0.2) is 0 Å². The number of carbonyl (C=O) groups excluding carboxylic acids is 1. The van der Waals surface area contributed by atoms with Crippen LogP contribution in [0.4, 0.5) is 0 Å². The molecule has 2 heterocycles. The number of nitrogens with zero attached hydrogens (tertiary/aromatic N) is 1. The van der Waals surface area contributed by atoms with Crippen molar-refractivity contribution < 1.29 is 4.79 Å². The lowest BCUT2D eigenvalue weighted by atomic mass is 9.98. The summed E-state index contributed by atoms with van der Waals surface area (Å²) >= 11 is 0. The van der Waals surface area contributed by atoms with Crippen LogP contribution in [-0.4, -0.2) is 43.5 Å². The Morgan fingerprint density at radius 3 is 2.95 bits per heavy atom. The molecular weight excluding hydrogens is 262 g/mol. The summed E-state index contributed by atoms with van der Waals surface area (Å²) in [7, 11) is 0. The maximum absolute atomic E-state index is 12.2. The minimum atomic E-state index is 0.0600. The highest BCUT2D eigenvalue weighted by molar-refractivity contribution is 5.94. The molecule has 0 aliphatic carbocycles. The Hall–Kier alpha value is -1.39. The molecule has 1 aromatic carbocycles. The summed E-state index contributed by atoms with van der Waals surface area (Å²) in [6, 6.07) is 6.10. The Labute approximate surface area is 126 Å². The van der Waals surface area contributed by atoms with Crippen molar-refractivity contribution in [3.63, 3.8) is 0 Å². The van der Waals surface area contributed by atoms with Crippen molar-refractivity contribution in [2.75, 3.05) is 32.7 Å². The van der Waals surface area contributed by atoms with Gasteiger partial charge in [-0.25, -0.2) is 0 Å². The fourth-order valence-electron chi connectivity index (χ4n) is 3.23. The molecule has 114 valence electrons. The predicted octanol–water partition coefficient (Wildman–Crippen LogP) is 1.55. The lowest BCUT2D eigenvalue weighted by Crippen LogP contribution is -2.29. The van der Waals surface area contributed by atoms with Gasteiger partial charge >= 0.3 is 0 Å². The van der Waals surface area contributed by atoms with Crippen molar-refractivity contribution in [1.82, 2.24) is 15.5 Å². The highest BCUT2D eigenvalue weighted by Gasteiger charge is 2.13. The first-order valence-corrected chi connectivity index (χ1v) is 8.16. The monoisotopic (exact) mass is 287 g/mol. The molecule has 0 unspecified atom stereocenters. The maximum Gasteiger partial charge on any atom is 0.251 e. The number of hydrogen-bond donors (Lipinski definition) is 2. The summed E-state index contributed by atoms with van der Waals surface area (Å²) in [5.41, 5.74) is 3.43. The lowest BCUT2D eigenvalue weighted by molar-refractivity contribution is 0.0952. The molecule has 21 heavy (non-hydrogen) atoms. The highest BCUT2D eigenvalue weighted by atomic mass is 16.1. The summed E-state index contributed by atoms with van der Waals surface area (Å²) in [5.74, 6) is 0.0600. The molecule has 1 saturated heterocycles. The first kappa shape index (κ1) is 14.5. The van der Waals surface area contributed by atoms with Gasteiger partial charge in [0.1, 0.15) is 0 Å². The van der Waals surface area contributed by atoms with Gasteiger partial charge in [0.25, 0.3) is 5.91 Å². The largest absolute Gasteiger partial charge is 0.352 e. The summed E-state index contributed by atoms with van der Waals surface area (Å²) in [4.78, 5) is 14.7. The molecule has 1 amide bonds. The molecule has 0 radical (unpaired) electrons. The average Bonchev–Trinajstić information content (AvgIpc) is 3.04. The number of carbonyl (C=O) groups is 1. The van der Waals surface area contributed by atoms with Crippen molar-refractivity contribution in [1.29, 1.82) is 0 Å². The maximum atomic E-state index is 12.2. The summed E-state index contributed by atoms with van der Waals surface area (Å²) < 4.78 is 0. The van der Waals surface area contributed by atoms with E-state index in [0.29, 0.717) is 0 Å². The zero-order valence-electron chi connectivity index (χ0n) is 12.7. The molecule has 4 heteroatoms. The van der Waals surface area contributed by atoms with Crippen molar-refractivity contribution in [2.45, 2.75) is 32.2 Å². The molecule has 0 spiro atoms. The molecule has 1 fully saturated rings. The van der Waals surface area contributed by atoms with Crippen LogP contribution in [0.3, 0.4) is 0 Å². The molecule has 0 bridgehead atoms. The van der Waals surface area contributed by atoms with Crippen LogP contribution in [-0.2, 0) is 13.0 Å². The smallest absolute Gasteiger partial charge is 0.251 e. The van der Waals surface area contributed by atoms with E-state index in [1.54, 1.807) is 0 Å². The molecule has 0 saturated carbocycles. The predicted molar refractivity (Wildman–Crippen MR) is 84.5 cm³/mol. The number of likely N-dealkylation sites (tertiary alicyclic amines) is 1. The Morgan fingerprint density at radius 1 is 1.24 bits per heavy atom. The van der Waals surface area contributed by atoms with Crippen LogP contribution < -0.4 is 10.6 Å². The quantitative estimate of drug-likeness (QED) is 0.808. The molecule has 2 aliphatic rings. The van der Waals surface area contributed by atoms with E-state index >= 15 is 0 Å². The fourth-order valence-corrected chi connectivity index (χ4v) is 3.23. The lowest BCUT2D eigenvalue weighted by Gasteiger charge is -2.18. The van der Waals surface area contributed by atoms with Gasteiger partial charge in [-0.1, -0.05) is 6.07 Å². The van der Waals surface area contributed by atoms with Crippen LogP contribution in [0.15, 0.2) is 18.2 Å². The highest BCUT2D eigenvalue weighted by Crippen LogP contribution is 2.15. The molecule has 3 rings (SSSR count). The average molecular weight is 287 g/mol. The third kappa shape index (κ3) is 3.83. The SMILES string of the molecule is O=C(NCCCN1CCCC1)c1ccc2c(c1)CNCC2. The van der Waals surface area contributed by atoms with Crippen LogP contribution in [0.2, 0.25) is 0 Å². The van der Waals surface area contributed by atoms with Crippen LogP contribution in [0.25, 0.3) is 0 Å². The van der Waals surface area contributed by atoms with Gasteiger partial charge in [0, 0.05) is 18.7 Å². The molecule has 2 aliphatic heterocycles. The van der Waals surface area contributed by atoms with E-state index in [2.05, 4.69) is 21.6 Å². The standard InChI is InChI=1S/C17H25N3O/c21-17(19-7-3-11-20-9-1-2-10-20)15-5-4-14-6-8-18-13-16(14)12-15/h4-5,12,18H,1-3,6-11,13H2,(H,19,21). The molecule has 0 atom stereocenters. The minimum absolute atomic E-state index is 0.0600. The van der Waals surface area contributed by atoms with E-state index < -0.39 is 0 Å². The van der Waals surface area contributed by atoms with E-state index in [1.807, 2.05) is 12.1 Å². The van der Waals surface area contributed by atoms with Gasteiger partial charge in [0.2, 0.25) is 0 Å². The molecule has 4 nitrogen and oxygen atoms in total. The van der Waals surface area contributed by atoms with Crippen LogP contribution in [0, 0.1) is 0 Å². The minimum Gasteiger partial charge on any atom is -0.352 e. The topological polar surface area (TPSA) is 44.4 Å². The Bertz CT molecular complexity index is 495. The Morgan fingerprint density at radius 2 is 2.10 bits per heavy atom. The van der Waals surface area contributed by atoms with Gasteiger partial charge in [-0.2, -0.15) is 0 Å². The number of nitrogens with one attached hydrogen (secondary N) is 2. The molecule has 1 aromatic rings. The molecule has 2 N–H and O–H groups in total. The van der Waals surface area contributed by atoms with Gasteiger partial charge < -0.3 is 15.5 Å². The van der Waals surface area contributed by atoms with Crippen LogP contribution in [0.1, 0.15) is 40.7 Å². The van der Waals surface area contributed by atoms with E-state index in [1.165, 1.54) is 37.1 Å². The summed E-state index contributed by atoms with van der Waals surface area (Å²) in [6.07, 6.45) is 4.76. The zero-order valence-corrected chi connectivity index (χ0v) is 12.7. The third-order valence-corrected chi connectivity index (χ3v) is 4.49. The number of rotatable bonds is 5. The second kappa shape index (κ2) is 7.05. The Balaban J connectivity index is 1.46. The second-order valence-electron chi connectivity index (χ2n) is 6.07. The van der Waals surface area contributed by atoms with Gasteiger partial charge in [-0.3, -0.25) is 4.79 Å². The normalized spacial score (nSPS) is 18.5. The third-order valence-electron chi connectivity index (χ3n) is 4.49. The van der Waals surface area contributed by atoms with Crippen molar-refractivity contribution in [2.24, 2.45) is 0 Å². The van der Waals surface area contributed by atoms with Crippen LogP contribution >= 0.6 is 0 Å². The van der Waals surface area contributed by atoms with E-state index in [-0.39, 0.29) is 5.91 Å². The second-order valence-corrected chi connectivity index (χ2v) is 6.07. The fraction of sp³-hybridized carbons (Fsp3) is 0.588. The number of fused-ring (bicyclic) bond motifs is 1. The van der Waals surface area contributed by atoms with E-state index in [0.717, 1.165) is 44.6 Å². The first-order chi connectivity index (χ1) is 10.3. The summed E-state index contributed by atoms with van der Waals surface area (Å²) in [5, 5.41) is 6.40. The Kier molecular flexibility index (Phi) is 4.88. The number of amides is 1. The van der Waals surface area contributed by atoms with Crippen LogP contribution in [0.5, 0.6) is 0 Å². The van der Waals surface area contributed by atoms with E-state index in [9.17, 15) is 4.79 Å². The zero-order chi connectivity index (χ0) is 14.5. The number of benzene rings is 1.